The van der Waals surface area contributed by atoms with Gasteiger partial charge in [-0.15, -0.1) is 0 Å². The molecule has 2 nitrogen and oxygen atoms in total. The Morgan fingerprint density at radius 3 is 2.50 bits per heavy atom. The molecule has 1 heterocycles. The highest BCUT2D eigenvalue weighted by molar-refractivity contribution is 5.20. The quantitative estimate of drug-likeness (QED) is 0.797. The van der Waals surface area contributed by atoms with E-state index in [1.807, 2.05) is 26.0 Å². The van der Waals surface area contributed by atoms with Crippen molar-refractivity contribution in [1.29, 1.82) is 0 Å². The van der Waals surface area contributed by atoms with Gasteiger partial charge in [-0.25, -0.2) is 0 Å². The largest absolute Gasteiger partial charge is 0.385 e. The van der Waals surface area contributed by atoms with Crippen LogP contribution < -0.4 is 0 Å². The van der Waals surface area contributed by atoms with Crippen molar-refractivity contribution in [2.45, 2.75) is 45.6 Å². The number of nitrogens with zero attached hydrogens (tertiary/aromatic N) is 1. The minimum atomic E-state index is -0.685. The fraction of sp³-hybridized carbons (Fsp3) is 0.583. The summed E-state index contributed by atoms with van der Waals surface area (Å²) in [5, 5.41) is 10.3. The van der Waals surface area contributed by atoms with Gasteiger partial charge >= 0.3 is 0 Å². The fourth-order valence-corrected chi connectivity index (χ4v) is 1.68. The molecule has 1 N–H and O–H groups in total. The van der Waals surface area contributed by atoms with E-state index in [2.05, 4.69) is 11.9 Å². The van der Waals surface area contributed by atoms with Crippen molar-refractivity contribution in [2.24, 2.45) is 0 Å². The van der Waals surface area contributed by atoms with Crippen LogP contribution in [0.4, 0.5) is 0 Å². The first kappa shape index (κ1) is 11.2. The summed E-state index contributed by atoms with van der Waals surface area (Å²) in [6.07, 6.45) is 4.31. The third kappa shape index (κ3) is 2.32. The minimum absolute atomic E-state index is 0.685. The summed E-state index contributed by atoms with van der Waals surface area (Å²) in [4.78, 5) is 4.22. The zero-order valence-corrected chi connectivity index (χ0v) is 9.25. The molecule has 1 atom stereocenters. The minimum Gasteiger partial charge on any atom is -0.385 e. The van der Waals surface area contributed by atoms with Gasteiger partial charge in [-0.3, -0.25) is 4.98 Å². The van der Waals surface area contributed by atoms with Gasteiger partial charge in [0, 0.05) is 17.5 Å². The molecule has 0 saturated carbocycles. The van der Waals surface area contributed by atoms with Crippen molar-refractivity contribution in [1.82, 2.24) is 4.98 Å². The maximum atomic E-state index is 10.3. The first-order chi connectivity index (χ1) is 6.62. The molecule has 0 aliphatic carbocycles. The molecule has 0 aliphatic rings. The molecule has 0 bridgehead atoms. The van der Waals surface area contributed by atoms with Gasteiger partial charge in [0.1, 0.15) is 0 Å². The standard InChI is InChI=1S/C12H19NO/c1-4-8-12(14,5-2)11-7-6-10(3)13-9-11/h6-7,9,14H,4-5,8H2,1-3H3. The number of aryl methyl sites for hydroxylation is 1. The van der Waals surface area contributed by atoms with Crippen LogP contribution in [-0.4, -0.2) is 10.1 Å². The van der Waals surface area contributed by atoms with E-state index >= 15 is 0 Å². The summed E-state index contributed by atoms with van der Waals surface area (Å²) in [5.74, 6) is 0. The van der Waals surface area contributed by atoms with Crippen molar-refractivity contribution < 1.29 is 5.11 Å². The van der Waals surface area contributed by atoms with Gasteiger partial charge in [0.05, 0.1) is 5.60 Å². The summed E-state index contributed by atoms with van der Waals surface area (Å²) in [7, 11) is 0. The molecular weight excluding hydrogens is 174 g/mol. The second-order valence-electron chi connectivity index (χ2n) is 3.82. The zero-order valence-electron chi connectivity index (χ0n) is 9.25. The molecule has 0 fully saturated rings. The molecule has 1 aromatic heterocycles. The second-order valence-corrected chi connectivity index (χ2v) is 3.82. The van der Waals surface area contributed by atoms with Gasteiger partial charge in [0.15, 0.2) is 0 Å². The predicted molar refractivity (Wildman–Crippen MR) is 58.1 cm³/mol. The number of hydrogen-bond acceptors (Lipinski definition) is 2. The smallest absolute Gasteiger partial charge is 0.0908 e. The van der Waals surface area contributed by atoms with E-state index < -0.39 is 5.60 Å². The number of hydrogen-bond donors (Lipinski definition) is 1. The molecular formula is C12H19NO. The fourth-order valence-electron chi connectivity index (χ4n) is 1.68. The highest BCUT2D eigenvalue weighted by Crippen LogP contribution is 2.29. The topological polar surface area (TPSA) is 33.1 Å². The van der Waals surface area contributed by atoms with E-state index in [9.17, 15) is 5.11 Å². The number of rotatable bonds is 4. The van der Waals surface area contributed by atoms with Gasteiger partial charge in [-0.05, 0) is 25.8 Å². The number of pyridine rings is 1. The van der Waals surface area contributed by atoms with Crippen LogP contribution in [0.3, 0.4) is 0 Å². The lowest BCUT2D eigenvalue weighted by Gasteiger charge is -2.26. The summed E-state index contributed by atoms with van der Waals surface area (Å²) in [6.45, 7) is 6.05. The van der Waals surface area contributed by atoms with Crippen molar-refractivity contribution in [2.75, 3.05) is 0 Å². The van der Waals surface area contributed by atoms with Crippen molar-refractivity contribution in [3.05, 3.63) is 29.6 Å². The van der Waals surface area contributed by atoms with Crippen molar-refractivity contribution in [3.8, 4) is 0 Å². The average molecular weight is 193 g/mol. The Balaban J connectivity index is 2.94. The predicted octanol–water partition coefficient (Wildman–Crippen LogP) is 2.79. The van der Waals surface area contributed by atoms with Crippen LogP contribution in [-0.2, 0) is 5.60 Å². The number of aliphatic hydroxyl groups is 1. The molecule has 0 aliphatic heterocycles. The van der Waals surface area contributed by atoms with Gasteiger partial charge in [-0.1, -0.05) is 26.3 Å². The molecule has 1 aromatic rings. The van der Waals surface area contributed by atoms with Crippen LogP contribution in [0.1, 0.15) is 44.4 Å². The monoisotopic (exact) mass is 193 g/mol. The Kier molecular flexibility index (Phi) is 3.64. The SMILES string of the molecule is CCCC(O)(CC)c1ccc(C)nc1. The molecule has 0 radical (unpaired) electrons. The van der Waals surface area contributed by atoms with E-state index in [-0.39, 0.29) is 0 Å². The van der Waals surface area contributed by atoms with Gasteiger partial charge in [-0.2, -0.15) is 0 Å². The summed E-state index contributed by atoms with van der Waals surface area (Å²) < 4.78 is 0. The van der Waals surface area contributed by atoms with E-state index in [0.717, 1.165) is 30.5 Å². The summed E-state index contributed by atoms with van der Waals surface area (Å²) in [5.41, 5.74) is 1.24. The maximum absolute atomic E-state index is 10.3. The highest BCUT2D eigenvalue weighted by Gasteiger charge is 2.25. The van der Waals surface area contributed by atoms with Crippen LogP contribution in [0, 0.1) is 6.92 Å². The maximum Gasteiger partial charge on any atom is 0.0908 e. The van der Waals surface area contributed by atoms with Gasteiger partial charge in [0.2, 0.25) is 0 Å². The first-order valence-corrected chi connectivity index (χ1v) is 5.28. The molecule has 1 rings (SSSR count). The molecule has 14 heavy (non-hydrogen) atoms. The third-order valence-electron chi connectivity index (χ3n) is 2.70. The Bertz CT molecular complexity index is 281. The Morgan fingerprint density at radius 1 is 1.36 bits per heavy atom. The molecule has 0 saturated heterocycles. The Labute approximate surface area is 86.0 Å². The van der Waals surface area contributed by atoms with E-state index in [1.165, 1.54) is 0 Å². The second kappa shape index (κ2) is 4.56. The molecule has 1 unspecified atom stereocenters. The van der Waals surface area contributed by atoms with E-state index in [1.54, 1.807) is 6.20 Å². The lowest BCUT2D eigenvalue weighted by atomic mass is 9.88. The van der Waals surface area contributed by atoms with Gasteiger partial charge in [0.25, 0.3) is 0 Å². The lowest BCUT2D eigenvalue weighted by molar-refractivity contribution is 0.0223. The number of aromatic nitrogens is 1. The van der Waals surface area contributed by atoms with Crippen LogP contribution in [0.5, 0.6) is 0 Å². The molecule has 0 spiro atoms. The Hall–Kier alpha value is -0.890. The highest BCUT2D eigenvalue weighted by atomic mass is 16.3. The third-order valence-corrected chi connectivity index (χ3v) is 2.70. The van der Waals surface area contributed by atoms with E-state index in [4.69, 9.17) is 0 Å². The van der Waals surface area contributed by atoms with Crippen LogP contribution >= 0.6 is 0 Å². The van der Waals surface area contributed by atoms with E-state index in [0.29, 0.717) is 0 Å². The summed E-state index contributed by atoms with van der Waals surface area (Å²) in [6, 6.07) is 3.92. The normalized spacial score (nSPS) is 15.1. The molecule has 0 aromatic carbocycles. The van der Waals surface area contributed by atoms with Crippen molar-refractivity contribution >= 4 is 0 Å². The van der Waals surface area contributed by atoms with Crippen molar-refractivity contribution in [3.63, 3.8) is 0 Å². The zero-order chi connectivity index (χ0) is 10.6. The molecule has 78 valence electrons. The molecule has 2 heteroatoms. The first-order valence-electron chi connectivity index (χ1n) is 5.28. The lowest BCUT2D eigenvalue weighted by Crippen LogP contribution is -2.24. The Morgan fingerprint density at radius 2 is 2.07 bits per heavy atom. The van der Waals surface area contributed by atoms with Crippen LogP contribution in [0.2, 0.25) is 0 Å². The van der Waals surface area contributed by atoms with Crippen LogP contribution in [0.15, 0.2) is 18.3 Å². The van der Waals surface area contributed by atoms with Crippen LogP contribution in [0.25, 0.3) is 0 Å². The average Bonchev–Trinajstić information content (AvgIpc) is 2.19. The molecule has 0 amide bonds. The van der Waals surface area contributed by atoms with Gasteiger partial charge < -0.3 is 5.11 Å². The summed E-state index contributed by atoms with van der Waals surface area (Å²) >= 11 is 0.